The van der Waals surface area contributed by atoms with Crippen LogP contribution in [0.3, 0.4) is 0 Å². The van der Waals surface area contributed by atoms with Crippen molar-refractivity contribution in [1.29, 1.82) is 0 Å². The first-order valence-electron chi connectivity index (χ1n) is 13.2. The third-order valence-electron chi connectivity index (χ3n) is 7.21. The molecule has 2 heterocycles. The fraction of sp³-hybridized carbons (Fsp3) is 0.212. The largest absolute Gasteiger partial charge is 0.495 e. The first-order chi connectivity index (χ1) is 19.4. The van der Waals surface area contributed by atoms with Crippen molar-refractivity contribution < 1.29 is 14.3 Å². The van der Waals surface area contributed by atoms with E-state index in [0.29, 0.717) is 46.8 Å². The monoisotopic (exact) mass is 552 g/mol. The highest BCUT2D eigenvalue weighted by Crippen LogP contribution is 2.34. The Morgan fingerprint density at radius 1 is 1.00 bits per heavy atom. The molecule has 0 aliphatic carbocycles. The molecule has 0 spiro atoms. The quantitative estimate of drug-likeness (QED) is 0.216. The second-order valence-corrected chi connectivity index (χ2v) is 10.3. The van der Waals surface area contributed by atoms with Crippen LogP contribution in [-0.4, -0.2) is 29.5 Å². The van der Waals surface area contributed by atoms with Crippen LogP contribution in [0.15, 0.2) is 88.8 Å². The van der Waals surface area contributed by atoms with E-state index in [1.165, 1.54) is 17.7 Å². The van der Waals surface area contributed by atoms with Gasteiger partial charge in [-0.25, -0.2) is 0 Å². The summed E-state index contributed by atoms with van der Waals surface area (Å²) in [4.78, 5) is 44.5. The first-order valence-corrected chi connectivity index (χ1v) is 13.6. The Bertz CT molecular complexity index is 1670. The van der Waals surface area contributed by atoms with Crippen molar-refractivity contribution in [2.24, 2.45) is 4.99 Å². The molecule has 0 saturated heterocycles. The van der Waals surface area contributed by atoms with Gasteiger partial charge in [0.2, 0.25) is 0 Å². The Balaban J connectivity index is 1.57. The van der Waals surface area contributed by atoms with E-state index in [0.717, 1.165) is 22.3 Å². The Morgan fingerprint density at radius 2 is 1.80 bits per heavy atom. The predicted octanol–water partition coefficient (Wildman–Crippen LogP) is 6.30. The summed E-state index contributed by atoms with van der Waals surface area (Å²) in [6.45, 7) is 2.39. The highest BCUT2D eigenvalue weighted by atomic mass is 35.5. The lowest BCUT2D eigenvalue weighted by Crippen LogP contribution is -2.32. The van der Waals surface area contributed by atoms with E-state index in [1.807, 2.05) is 54.7 Å². The van der Waals surface area contributed by atoms with Gasteiger partial charge in [0, 0.05) is 47.7 Å². The zero-order valence-electron chi connectivity index (χ0n) is 22.4. The van der Waals surface area contributed by atoms with E-state index < -0.39 is 6.04 Å². The maximum Gasteiger partial charge on any atom is 0.252 e. The molecule has 7 heteroatoms. The van der Waals surface area contributed by atoms with Gasteiger partial charge in [-0.1, -0.05) is 67.1 Å². The molecule has 0 saturated carbocycles. The van der Waals surface area contributed by atoms with Crippen LogP contribution in [0.5, 0.6) is 5.75 Å². The number of ketones is 2. The van der Waals surface area contributed by atoms with E-state index in [4.69, 9.17) is 16.3 Å². The fourth-order valence-electron chi connectivity index (χ4n) is 5.12. The minimum atomic E-state index is -0.765. The lowest BCUT2D eigenvalue weighted by molar-refractivity contribution is -0.121. The summed E-state index contributed by atoms with van der Waals surface area (Å²) in [6.07, 6.45) is 4.22. The molecule has 1 unspecified atom stereocenters. The Kier molecular flexibility index (Phi) is 8.08. The average molecular weight is 553 g/mol. The van der Waals surface area contributed by atoms with Gasteiger partial charge in [-0.05, 0) is 46.0 Å². The van der Waals surface area contributed by atoms with Crippen molar-refractivity contribution in [3.05, 3.63) is 122 Å². The lowest BCUT2D eigenvalue weighted by Gasteiger charge is -2.22. The van der Waals surface area contributed by atoms with Crippen LogP contribution in [0.4, 0.5) is 0 Å². The maximum atomic E-state index is 13.9. The number of nitrogens with zero attached hydrogens (tertiary/aromatic N) is 2. The predicted molar refractivity (Wildman–Crippen MR) is 158 cm³/mol. The van der Waals surface area contributed by atoms with E-state index in [9.17, 15) is 14.4 Å². The number of pyridine rings is 1. The molecule has 1 aromatic heterocycles. The van der Waals surface area contributed by atoms with Gasteiger partial charge in [0.1, 0.15) is 5.75 Å². The van der Waals surface area contributed by atoms with Gasteiger partial charge in [-0.2, -0.15) is 0 Å². The molecule has 0 radical (unpaired) electrons. The van der Waals surface area contributed by atoms with Gasteiger partial charge in [0.15, 0.2) is 11.6 Å². The number of carbonyl (C=O) groups is 2. The molecule has 0 amide bonds. The molecule has 40 heavy (non-hydrogen) atoms. The molecule has 3 aromatic carbocycles. The Labute approximate surface area is 237 Å². The lowest BCUT2D eigenvalue weighted by atomic mass is 9.94. The van der Waals surface area contributed by atoms with Crippen molar-refractivity contribution in [3.63, 3.8) is 0 Å². The number of rotatable bonds is 10. The number of aliphatic imine (C=N–C) groups is 1. The van der Waals surface area contributed by atoms with Gasteiger partial charge in [-0.15, -0.1) is 0 Å². The zero-order valence-corrected chi connectivity index (χ0v) is 23.1. The Hall–Kier alpha value is -4.29. The molecule has 0 bridgehead atoms. The minimum absolute atomic E-state index is 0.0743. The van der Waals surface area contributed by atoms with Crippen LogP contribution < -0.4 is 10.3 Å². The number of methoxy groups -OCH3 is 1. The third-order valence-corrected chi connectivity index (χ3v) is 7.45. The summed E-state index contributed by atoms with van der Waals surface area (Å²) in [5.41, 5.74) is 5.03. The summed E-state index contributed by atoms with van der Waals surface area (Å²) in [5, 5.41) is 0.436. The molecule has 4 aromatic rings. The normalized spacial score (nSPS) is 12.7. The van der Waals surface area contributed by atoms with Crippen LogP contribution in [-0.2, 0) is 24.2 Å². The zero-order chi connectivity index (χ0) is 28.2. The van der Waals surface area contributed by atoms with E-state index in [1.54, 1.807) is 31.3 Å². The first kappa shape index (κ1) is 27.3. The van der Waals surface area contributed by atoms with Crippen LogP contribution in [0.25, 0.3) is 11.1 Å². The molecule has 1 atom stereocenters. The smallest absolute Gasteiger partial charge is 0.252 e. The number of aromatic nitrogens is 1. The number of ether oxygens (including phenoxy) is 1. The molecular weight excluding hydrogens is 524 g/mol. The molecular formula is C33H29ClN2O4. The van der Waals surface area contributed by atoms with Gasteiger partial charge in [-0.3, -0.25) is 19.4 Å². The number of hydrogen-bond acceptors (Lipinski definition) is 5. The summed E-state index contributed by atoms with van der Waals surface area (Å²) >= 11 is 6.29. The Morgan fingerprint density at radius 3 is 2.55 bits per heavy atom. The van der Waals surface area contributed by atoms with Gasteiger partial charge >= 0.3 is 0 Å². The molecule has 5 rings (SSSR count). The van der Waals surface area contributed by atoms with Crippen LogP contribution in [0, 0.1) is 0 Å². The summed E-state index contributed by atoms with van der Waals surface area (Å²) in [5.74, 6) is 0.201. The van der Waals surface area contributed by atoms with Gasteiger partial charge in [0.05, 0.1) is 25.9 Å². The van der Waals surface area contributed by atoms with Crippen molar-refractivity contribution in [2.75, 3.05) is 7.11 Å². The van der Waals surface area contributed by atoms with E-state index >= 15 is 0 Å². The van der Waals surface area contributed by atoms with Crippen LogP contribution >= 0.6 is 11.6 Å². The number of fused-ring (bicyclic) bond motifs is 1. The maximum absolute atomic E-state index is 13.9. The number of carbonyl (C=O) groups excluding carboxylic acids is 2. The summed E-state index contributed by atoms with van der Waals surface area (Å²) in [7, 11) is 1.50. The van der Waals surface area contributed by atoms with Crippen molar-refractivity contribution in [2.45, 2.75) is 38.8 Å². The van der Waals surface area contributed by atoms with Crippen molar-refractivity contribution >= 4 is 29.4 Å². The fourth-order valence-corrected chi connectivity index (χ4v) is 5.29. The highest BCUT2D eigenvalue weighted by molar-refractivity contribution is 6.31. The second kappa shape index (κ2) is 11.8. The molecule has 6 nitrogen and oxygen atoms in total. The number of Topliss-reactive ketones (excluding diaryl/α,β-unsaturated/α-hetero) is 2. The van der Waals surface area contributed by atoms with Gasteiger partial charge < -0.3 is 9.30 Å². The van der Waals surface area contributed by atoms with Gasteiger partial charge in [0.25, 0.3) is 5.56 Å². The number of halogens is 1. The summed E-state index contributed by atoms with van der Waals surface area (Å²) in [6, 6.07) is 21.2. The number of benzene rings is 3. The third kappa shape index (κ3) is 5.68. The summed E-state index contributed by atoms with van der Waals surface area (Å²) < 4.78 is 7.16. The SMILES string of the molecule is CCC(=O)c1ccc(Cl)cc1-c1cc(=O)n(C(Cc2ccccc2)C(=O)Cc2ccc3c(c2)CN=C3)cc1OC. The van der Waals surface area contributed by atoms with Crippen LogP contribution in [0.2, 0.25) is 5.02 Å². The molecule has 0 N–H and O–H groups in total. The highest BCUT2D eigenvalue weighted by Gasteiger charge is 2.25. The molecule has 1 aliphatic rings. The van der Waals surface area contributed by atoms with Crippen molar-refractivity contribution in [3.8, 4) is 16.9 Å². The molecule has 0 fully saturated rings. The topological polar surface area (TPSA) is 77.7 Å². The standard InChI is InChI=1S/C33H29ClN2O4/c1-3-30(37)26-12-11-25(34)16-27(26)28-17-33(39)36(20-32(28)40-2)29(14-21-7-5-4-6-8-21)31(38)15-22-9-10-23-18-35-19-24(23)13-22/h4-13,16-18,20,29H,3,14-15,19H2,1-2H3. The molecule has 1 aliphatic heterocycles. The number of hydrogen-bond donors (Lipinski definition) is 0. The van der Waals surface area contributed by atoms with E-state index in [-0.39, 0.29) is 23.5 Å². The van der Waals surface area contributed by atoms with Crippen molar-refractivity contribution in [1.82, 2.24) is 4.57 Å². The van der Waals surface area contributed by atoms with Crippen LogP contribution in [0.1, 0.15) is 52.0 Å². The van der Waals surface area contributed by atoms with E-state index in [2.05, 4.69) is 4.99 Å². The molecule has 202 valence electrons. The minimum Gasteiger partial charge on any atom is -0.495 e. The second-order valence-electron chi connectivity index (χ2n) is 9.82. The average Bonchev–Trinajstić information content (AvgIpc) is 3.44.